The van der Waals surface area contributed by atoms with Gasteiger partial charge in [-0.25, -0.2) is 0 Å². The molecule has 3 N–H and O–H groups in total. The van der Waals surface area contributed by atoms with Gasteiger partial charge in [0.15, 0.2) is 0 Å². The lowest BCUT2D eigenvalue weighted by atomic mass is 10.1. The molecule has 0 aliphatic rings. The molecular formula is C13H18IN3O2. The van der Waals surface area contributed by atoms with E-state index in [0.717, 1.165) is 3.57 Å². The third-order valence-electron chi connectivity index (χ3n) is 2.71. The second-order valence-electron chi connectivity index (χ2n) is 4.44. The van der Waals surface area contributed by atoms with E-state index >= 15 is 0 Å². The summed E-state index contributed by atoms with van der Waals surface area (Å²) in [5.41, 5.74) is 6.09. The number of hydrogen-bond donors (Lipinski definition) is 2. The summed E-state index contributed by atoms with van der Waals surface area (Å²) in [7, 11) is 0. The van der Waals surface area contributed by atoms with Gasteiger partial charge in [0.05, 0.1) is 0 Å². The highest BCUT2D eigenvalue weighted by Crippen LogP contribution is 2.12. The third kappa shape index (κ3) is 4.70. The summed E-state index contributed by atoms with van der Waals surface area (Å²) >= 11 is 2.20. The zero-order chi connectivity index (χ0) is 14.4. The van der Waals surface area contributed by atoms with Crippen molar-refractivity contribution >= 4 is 34.3 Å². The predicted molar refractivity (Wildman–Crippen MR) is 83.4 cm³/mol. The second kappa shape index (κ2) is 7.32. The topological polar surface area (TPSA) is 78.9 Å². The molecule has 1 aromatic rings. The Labute approximate surface area is 126 Å². The Hall–Kier alpha value is -1.31. The molecule has 0 unspecified atom stereocenters. The lowest BCUT2D eigenvalue weighted by Crippen LogP contribution is -2.39. The number of amides is 1. The van der Waals surface area contributed by atoms with Crippen molar-refractivity contribution in [1.82, 2.24) is 4.90 Å². The number of nitrogens with two attached hydrogens (primary N) is 1. The lowest BCUT2D eigenvalue weighted by Gasteiger charge is -2.26. The van der Waals surface area contributed by atoms with Gasteiger partial charge >= 0.3 is 0 Å². The number of amidine groups is 1. The van der Waals surface area contributed by atoms with Crippen LogP contribution in [0.5, 0.6) is 0 Å². The smallest absolute Gasteiger partial charge is 0.254 e. The quantitative estimate of drug-likeness (QED) is 0.273. The van der Waals surface area contributed by atoms with E-state index in [1.165, 1.54) is 0 Å². The summed E-state index contributed by atoms with van der Waals surface area (Å²) in [6, 6.07) is 7.47. The summed E-state index contributed by atoms with van der Waals surface area (Å²) in [5.74, 6) is 0.0817. The molecule has 0 fully saturated rings. The van der Waals surface area contributed by atoms with E-state index in [2.05, 4.69) is 27.7 Å². The van der Waals surface area contributed by atoms with Gasteiger partial charge in [0.2, 0.25) is 0 Å². The number of benzene rings is 1. The van der Waals surface area contributed by atoms with Gasteiger partial charge < -0.3 is 15.8 Å². The molecule has 0 bridgehead atoms. The van der Waals surface area contributed by atoms with E-state index in [4.69, 9.17) is 10.9 Å². The molecule has 1 amide bonds. The van der Waals surface area contributed by atoms with Crippen molar-refractivity contribution in [3.8, 4) is 0 Å². The van der Waals surface area contributed by atoms with Crippen molar-refractivity contribution in [3.63, 3.8) is 0 Å². The van der Waals surface area contributed by atoms with Crippen molar-refractivity contribution in [2.45, 2.75) is 26.3 Å². The Bertz CT molecular complexity index is 457. The SMILES string of the molecule is CC(C)N(CC/C(N)=N/O)C(=O)c1ccc(I)cc1. The molecule has 1 rings (SSSR count). The molecule has 6 heteroatoms. The molecule has 19 heavy (non-hydrogen) atoms. The molecule has 0 heterocycles. The first kappa shape index (κ1) is 15.7. The zero-order valence-corrected chi connectivity index (χ0v) is 13.2. The Morgan fingerprint density at radius 2 is 2.00 bits per heavy atom. The van der Waals surface area contributed by atoms with Gasteiger partial charge in [-0.05, 0) is 60.7 Å². The molecule has 104 valence electrons. The van der Waals surface area contributed by atoms with Crippen LogP contribution >= 0.6 is 22.6 Å². The van der Waals surface area contributed by atoms with Crippen LogP contribution in [0.4, 0.5) is 0 Å². The number of halogens is 1. The van der Waals surface area contributed by atoms with Crippen LogP contribution in [0.2, 0.25) is 0 Å². The number of carbonyl (C=O) groups is 1. The maximum atomic E-state index is 12.4. The zero-order valence-electron chi connectivity index (χ0n) is 11.0. The largest absolute Gasteiger partial charge is 0.409 e. The van der Waals surface area contributed by atoms with Crippen LogP contribution in [0, 0.1) is 3.57 Å². The monoisotopic (exact) mass is 375 g/mol. The van der Waals surface area contributed by atoms with Crippen LogP contribution < -0.4 is 5.73 Å². The van der Waals surface area contributed by atoms with E-state index in [1.54, 1.807) is 4.90 Å². The average Bonchev–Trinajstić information content (AvgIpc) is 2.38. The van der Waals surface area contributed by atoms with Gasteiger partial charge in [-0.15, -0.1) is 0 Å². The highest BCUT2D eigenvalue weighted by molar-refractivity contribution is 14.1. The Morgan fingerprint density at radius 1 is 1.42 bits per heavy atom. The fourth-order valence-corrected chi connectivity index (χ4v) is 2.00. The van der Waals surface area contributed by atoms with Crippen molar-refractivity contribution in [2.75, 3.05) is 6.54 Å². The van der Waals surface area contributed by atoms with Gasteiger partial charge in [0.25, 0.3) is 5.91 Å². The minimum Gasteiger partial charge on any atom is -0.409 e. The van der Waals surface area contributed by atoms with Crippen LogP contribution in [-0.2, 0) is 0 Å². The van der Waals surface area contributed by atoms with Gasteiger partial charge in [0, 0.05) is 28.1 Å². The lowest BCUT2D eigenvalue weighted by molar-refractivity contribution is 0.0711. The highest BCUT2D eigenvalue weighted by atomic mass is 127. The fourth-order valence-electron chi connectivity index (χ4n) is 1.64. The molecule has 0 aliphatic carbocycles. The number of nitrogens with zero attached hydrogens (tertiary/aromatic N) is 2. The van der Waals surface area contributed by atoms with Gasteiger partial charge in [-0.3, -0.25) is 4.79 Å². The predicted octanol–water partition coefficient (Wildman–Crippen LogP) is 2.28. The summed E-state index contributed by atoms with van der Waals surface area (Å²) in [6.07, 6.45) is 0.352. The van der Waals surface area contributed by atoms with Crippen LogP contribution in [0.25, 0.3) is 0 Å². The number of hydrogen-bond acceptors (Lipinski definition) is 3. The van der Waals surface area contributed by atoms with Crippen LogP contribution in [0.15, 0.2) is 29.4 Å². The molecule has 0 aromatic heterocycles. The molecule has 1 aromatic carbocycles. The third-order valence-corrected chi connectivity index (χ3v) is 3.43. The van der Waals surface area contributed by atoms with E-state index < -0.39 is 0 Å². The van der Waals surface area contributed by atoms with E-state index in [9.17, 15) is 4.79 Å². The molecular weight excluding hydrogens is 357 g/mol. The molecule has 0 aliphatic heterocycles. The average molecular weight is 375 g/mol. The maximum absolute atomic E-state index is 12.4. The van der Waals surface area contributed by atoms with Crippen molar-refractivity contribution in [3.05, 3.63) is 33.4 Å². The standard InChI is InChI=1S/C13H18IN3O2/c1-9(2)17(8-7-12(15)16-19)13(18)10-3-5-11(14)6-4-10/h3-6,9,19H,7-8H2,1-2H3,(H2,15,16). The normalized spacial score (nSPS) is 11.7. The van der Waals surface area contributed by atoms with Crippen molar-refractivity contribution in [1.29, 1.82) is 0 Å². The first-order chi connectivity index (χ1) is 8.95. The minimum absolute atomic E-state index is 0.0443. The Morgan fingerprint density at radius 3 is 2.47 bits per heavy atom. The Balaban J connectivity index is 2.81. The van der Waals surface area contributed by atoms with Crippen LogP contribution in [0.1, 0.15) is 30.6 Å². The summed E-state index contributed by atoms with van der Waals surface area (Å²) in [5, 5.41) is 11.5. The van der Waals surface area contributed by atoms with E-state index in [1.807, 2.05) is 38.1 Å². The molecule has 0 spiro atoms. The summed E-state index contributed by atoms with van der Waals surface area (Å²) < 4.78 is 1.09. The Kier molecular flexibility index (Phi) is 6.07. The van der Waals surface area contributed by atoms with Crippen molar-refractivity contribution in [2.24, 2.45) is 10.9 Å². The highest BCUT2D eigenvalue weighted by Gasteiger charge is 2.18. The molecule has 0 atom stereocenters. The second-order valence-corrected chi connectivity index (χ2v) is 5.69. The maximum Gasteiger partial charge on any atom is 0.254 e. The van der Waals surface area contributed by atoms with Gasteiger partial charge in [-0.2, -0.15) is 0 Å². The van der Waals surface area contributed by atoms with E-state index in [-0.39, 0.29) is 17.8 Å². The molecule has 0 radical (unpaired) electrons. The van der Waals surface area contributed by atoms with Gasteiger partial charge in [-0.1, -0.05) is 5.16 Å². The summed E-state index contributed by atoms with van der Waals surface area (Å²) in [4.78, 5) is 14.1. The first-order valence-electron chi connectivity index (χ1n) is 5.98. The molecule has 0 saturated heterocycles. The van der Waals surface area contributed by atoms with Crippen LogP contribution in [0.3, 0.4) is 0 Å². The number of carbonyl (C=O) groups excluding carboxylic acids is 1. The van der Waals surface area contributed by atoms with Crippen LogP contribution in [-0.4, -0.2) is 34.4 Å². The summed E-state index contributed by atoms with van der Waals surface area (Å²) in [6.45, 7) is 4.31. The minimum atomic E-state index is -0.0443. The van der Waals surface area contributed by atoms with Crippen molar-refractivity contribution < 1.29 is 10.0 Å². The van der Waals surface area contributed by atoms with E-state index in [0.29, 0.717) is 18.5 Å². The first-order valence-corrected chi connectivity index (χ1v) is 7.06. The number of oxime groups is 1. The molecule has 5 nitrogen and oxygen atoms in total. The fraction of sp³-hybridized carbons (Fsp3) is 0.385. The number of rotatable bonds is 5. The molecule has 0 saturated carbocycles. The van der Waals surface area contributed by atoms with Gasteiger partial charge in [0.1, 0.15) is 5.84 Å².